The number of carbonyl (C=O) groups excluding carboxylic acids is 1. The van der Waals surface area contributed by atoms with Crippen molar-refractivity contribution >= 4 is 22.5 Å². The maximum atomic E-state index is 12.8. The van der Waals surface area contributed by atoms with Gasteiger partial charge in [-0.25, -0.2) is 4.68 Å². The number of aryl methyl sites for hydroxylation is 1. The minimum Gasteiger partial charge on any atom is -0.491 e. The molecule has 2 N–H and O–H groups in total. The van der Waals surface area contributed by atoms with Crippen LogP contribution in [0.1, 0.15) is 37.3 Å². The molecule has 1 aliphatic rings. The van der Waals surface area contributed by atoms with Gasteiger partial charge in [0.15, 0.2) is 5.69 Å². The first kappa shape index (κ1) is 22.2. The maximum absolute atomic E-state index is 12.8. The van der Waals surface area contributed by atoms with Gasteiger partial charge >= 0.3 is 6.55 Å². The van der Waals surface area contributed by atoms with Gasteiger partial charge in [-0.1, -0.05) is 0 Å². The highest BCUT2D eigenvalue weighted by molar-refractivity contribution is 6.05. The summed E-state index contributed by atoms with van der Waals surface area (Å²) < 4.78 is 38.8. The van der Waals surface area contributed by atoms with E-state index in [0.29, 0.717) is 54.4 Å². The fourth-order valence-electron chi connectivity index (χ4n) is 3.17. The molecular weight excluding hydrogens is 424 g/mol. The SMILES string of the molecule is CC(C)(O)CCn1cc2cc(NC(=O)c3ccn(C(F)F)n3)c(OCC3COC3)cc2n1. The number of carbonyl (C=O) groups is 1. The van der Waals surface area contributed by atoms with Crippen molar-refractivity contribution in [1.29, 1.82) is 0 Å². The molecule has 11 heteroatoms. The van der Waals surface area contributed by atoms with Crippen LogP contribution in [0.5, 0.6) is 5.75 Å². The van der Waals surface area contributed by atoms with Crippen LogP contribution in [0, 0.1) is 5.92 Å². The lowest BCUT2D eigenvalue weighted by molar-refractivity contribution is -0.0507. The zero-order valence-electron chi connectivity index (χ0n) is 17.8. The summed E-state index contributed by atoms with van der Waals surface area (Å²) in [6.07, 6.45) is 3.37. The molecule has 172 valence electrons. The van der Waals surface area contributed by atoms with Crippen molar-refractivity contribution in [2.75, 3.05) is 25.1 Å². The molecule has 0 radical (unpaired) electrons. The molecule has 1 fully saturated rings. The summed E-state index contributed by atoms with van der Waals surface area (Å²) in [5.41, 5.74) is 0.0967. The molecule has 3 heterocycles. The lowest BCUT2D eigenvalue weighted by Gasteiger charge is -2.26. The number of aromatic nitrogens is 4. The van der Waals surface area contributed by atoms with E-state index in [9.17, 15) is 18.7 Å². The van der Waals surface area contributed by atoms with Crippen molar-refractivity contribution in [1.82, 2.24) is 19.6 Å². The summed E-state index contributed by atoms with van der Waals surface area (Å²) in [6.45, 7) is 2.78. The molecule has 0 unspecified atom stereocenters. The summed E-state index contributed by atoms with van der Waals surface area (Å²) in [5.74, 6) is 0.0501. The second kappa shape index (κ2) is 8.83. The van der Waals surface area contributed by atoms with Gasteiger partial charge in [0, 0.05) is 36.3 Å². The van der Waals surface area contributed by atoms with Crippen molar-refractivity contribution in [3.8, 4) is 5.75 Å². The van der Waals surface area contributed by atoms with Crippen LogP contribution in [0.4, 0.5) is 14.5 Å². The molecule has 1 saturated heterocycles. The number of nitrogens with zero attached hydrogens (tertiary/aromatic N) is 4. The number of hydrogen-bond donors (Lipinski definition) is 2. The van der Waals surface area contributed by atoms with Crippen LogP contribution in [0.3, 0.4) is 0 Å². The minimum absolute atomic E-state index is 0.135. The van der Waals surface area contributed by atoms with E-state index in [0.717, 1.165) is 11.6 Å². The van der Waals surface area contributed by atoms with Gasteiger partial charge < -0.3 is 19.9 Å². The van der Waals surface area contributed by atoms with E-state index in [-0.39, 0.29) is 11.6 Å². The number of amides is 1. The van der Waals surface area contributed by atoms with Gasteiger partial charge in [-0.05, 0) is 32.4 Å². The predicted octanol–water partition coefficient (Wildman–Crippen LogP) is 3.07. The number of alkyl halides is 2. The normalized spacial score (nSPS) is 14.7. The lowest BCUT2D eigenvalue weighted by Crippen LogP contribution is -2.32. The van der Waals surface area contributed by atoms with Crippen molar-refractivity contribution in [2.45, 2.75) is 39.0 Å². The number of nitrogens with one attached hydrogen (secondary N) is 1. The van der Waals surface area contributed by atoms with Gasteiger partial charge in [0.25, 0.3) is 5.91 Å². The molecule has 0 spiro atoms. The topological polar surface area (TPSA) is 103 Å². The summed E-state index contributed by atoms with van der Waals surface area (Å²) in [7, 11) is 0. The fourth-order valence-corrected chi connectivity index (χ4v) is 3.17. The summed E-state index contributed by atoms with van der Waals surface area (Å²) >= 11 is 0. The molecule has 0 atom stereocenters. The van der Waals surface area contributed by atoms with Gasteiger partial charge in [0.1, 0.15) is 5.75 Å². The monoisotopic (exact) mass is 449 g/mol. The summed E-state index contributed by atoms with van der Waals surface area (Å²) in [4.78, 5) is 12.6. The number of fused-ring (bicyclic) bond motifs is 1. The molecule has 1 amide bonds. The number of halogens is 2. The molecule has 9 nitrogen and oxygen atoms in total. The Morgan fingerprint density at radius 3 is 2.78 bits per heavy atom. The molecule has 0 bridgehead atoms. The maximum Gasteiger partial charge on any atom is 0.333 e. The Morgan fingerprint density at radius 1 is 1.38 bits per heavy atom. The van der Waals surface area contributed by atoms with Gasteiger partial charge in [0.2, 0.25) is 0 Å². The van der Waals surface area contributed by atoms with Crippen LogP contribution in [-0.4, -0.2) is 56.0 Å². The third-order valence-electron chi connectivity index (χ3n) is 5.08. The first-order valence-corrected chi connectivity index (χ1v) is 10.3. The zero-order chi connectivity index (χ0) is 22.9. The predicted molar refractivity (Wildman–Crippen MR) is 112 cm³/mol. The van der Waals surface area contributed by atoms with Crippen LogP contribution in [0.25, 0.3) is 10.9 Å². The van der Waals surface area contributed by atoms with Crippen LogP contribution < -0.4 is 10.1 Å². The molecular formula is C21H25F2N5O4. The van der Waals surface area contributed by atoms with Crippen LogP contribution in [0.15, 0.2) is 30.6 Å². The molecule has 4 rings (SSSR count). The average molecular weight is 449 g/mol. The summed E-state index contributed by atoms with van der Waals surface area (Å²) in [5, 5.41) is 21.6. The van der Waals surface area contributed by atoms with Crippen LogP contribution >= 0.6 is 0 Å². The Hall–Kier alpha value is -3.05. The largest absolute Gasteiger partial charge is 0.491 e. The van der Waals surface area contributed by atoms with Gasteiger partial charge in [-0.15, -0.1) is 0 Å². The van der Waals surface area contributed by atoms with E-state index < -0.39 is 18.1 Å². The number of aliphatic hydroxyl groups is 1. The highest BCUT2D eigenvalue weighted by Gasteiger charge is 2.22. The Morgan fingerprint density at radius 2 is 2.16 bits per heavy atom. The smallest absolute Gasteiger partial charge is 0.333 e. The Bertz CT molecular complexity index is 1100. The Balaban J connectivity index is 1.58. The third kappa shape index (κ3) is 5.22. The van der Waals surface area contributed by atoms with E-state index in [2.05, 4.69) is 15.5 Å². The molecule has 0 aliphatic carbocycles. The highest BCUT2D eigenvalue weighted by Crippen LogP contribution is 2.31. The quantitative estimate of drug-likeness (QED) is 0.521. The van der Waals surface area contributed by atoms with E-state index in [1.165, 1.54) is 6.07 Å². The van der Waals surface area contributed by atoms with Gasteiger partial charge in [-0.2, -0.15) is 19.0 Å². The van der Waals surface area contributed by atoms with E-state index in [4.69, 9.17) is 9.47 Å². The Labute approximate surface area is 182 Å². The highest BCUT2D eigenvalue weighted by atomic mass is 19.3. The zero-order valence-corrected chi connectivity index (χ0v) is 17.8. The Kier molecular flexibility index (Phi) is 6.11. The van der Waals surface area contributed by atoms with Crippen LogP contribution in [-0.2, 0) is 11.3 Å². The van der Waals surface area contributed by atoms with E-state index in [1.54, 1.807) is 30.7 Å². The van der Waals surface area contributed by atoms with Gasteiger partial charge in [-0.3, -0.25) is 9.48 Å². The first-order valence-electron chi connectivity index (χ1n) is 10.3. The lowest BCUT2D eigenvalue weighted by atomic mass is 10.1. The van der Waals surface area contributed by atoms with E-state index in [1.807, 2.05) is 6.20 Å². The molecule has 1 aliphatic heterocycles. The number of ether oxygens (including phenoxy) is 2. The molecule has 3 aromatic rings. The third-order valence-corrected chi connectivity index (χ3v) is 5.08. The fraction of sp³-hybridized carbons (Fsp3) is 0.476. The number of anilines is 1. The van der Waals surface area contributed by atoms with Crippen molar-refractivity contribution < 1.29 is 28.2 Å². The second-order valence-corrected chi connectivity index (χ2v) is 8.49. The molecule has 2 aromatic heterocycles. The average Bonchev–Trinajstić information content (AvgIpc) is 3.31. The standard InChI is InChI=1S/C21H25F2N5O4/c1-21(2,30)4-6-27-9-14-7-17(24-19(29)15-3-5-28(26-15)20(22)23)18(8-16(14)25-27)32-12-13-10-31-11-13/h3,5,7-9,13,20,30H,4,6,10-12H2,1-2H3,(H,24,29). The van der Waals surface area contributed by atoms with E-state index >= 15 is 0 Å². The van der Waals surface area contributed by atoms with Crippen molar-refractivity contribution in [2.24, 2.45) is 5.92 Å². The van der Waals surface area contributed by atoms with Crippen molar-refractivity contribution in [3.63, 3.8) is 0 Å². The number of rotatable bonds is 9. The minimum atomic E-state index is -2.83. The number of benzene rings is 1. The number of hydrogen-bond acceptors (Lipinski definition) is 6. The summed E-state index contributed by atoms with van der Waals surface area (Å²) in [6, 6.07) is 4.67. The van der Waals surface area contributed by atoms with Crippen molar-refractivity contribution in [3.05, 3.63) is 36.3 Å². The molecule has 32 heavy (non-hydrogen) atoms. The van der Waals surface area contributed by atoms with Crippen LogP contribution in [0.2, 0.25) is 0 Å². The first-order chi connectivity index (χ1) is 15.2. The van der Waals surface area contributed by atoms with Gasteiger partial charge in [0.05, 0.1) is 36.6 Å². The molecule has 0 saturated carbocycles. The molecule has 1 aromatic carbocycles. The second-order valence-electron chi connectivity index (χ2n) is 8.49.